The van der Waals surface area contributed by atoms with Crippen LogP contribution in [0.3, 0.4) is 0 Å². The third-order valence-electron chi connectivity index (χ3n) is 2.77. The van der Waals surface area contributed by atoms with Crippen LogP contribution in [0.15, 0.2) is 41.3 Å². The summed E-state index contributed by atoms with van der Waals surface area (Å²) in [4.78, 5) is 23.1. The number of aromatic carboxylic acids is 1. The smallest absolute Gasteiger partial charge is 0.341 e. The molecule has 2 aromatic rings. The van der Waals surface area contributed by atoms with E-state index >= 15 is 0 Å². The Morgan fingerprint density at radius 1 is 1.32 bits per heavy atom. The van der Waals surface area contributed by atoms with E-state index in [4.69, 9.17) is 9.84 Å². The zero-order valence-corrected chi connectivity index (χ0v) is 10.6. The normalized spacial score (nSPS) is 10.2. The average Bonchev–Trinajstić information content (AvgIpc) is 2.38. The van der Waals surface area contributed by atoms with E-state index in [0.717, 1.165) is 5.56 Å². The highest BCUT2D eigenvalue weighted by molar-refractivity contribution is 5.87. The summed E-state index contributed by atoms with van der Waals surface area (Å²) < 4.78 is 6.48. The molecule has 0 aliphatic carbocycles. The van der Waals surface area contributed by atoms with Gasteiger partial charge in [0, 0.05) is 6.20 Å². The number of benzene rings is 1. The Labute approximate surface area is 109 Å². The van der Waals surface area contributed by atoms with E-state index in [2.05, 4.69) is 0 Å². The number of hydrogen-bond donors (Lipinski definition) is 1. The molecule has 0 aliphatic rings. The minimum atomic E-state index is -1.24. The topological polar surface area (TPSA) is 68.5 Å². The van der Waals surface area contributed by atoms with Gasteiger partial charge in [-0.1, -0.05) is 6.07 Å². The van der Waals surface area contributed by atoms with E-state index in [-0.39, 0.29) is 5.56 Å². The molecule has 2 rings (SSSR count). The number of rotatable bonds is 3. The third-order valence-corrected chi connectivity index (χ3v) is 2.77. The van der Waals surface area contributed by atoms with Crippen molar-refractivity contribution in [1.82, 2.24) is 4.57 Å². The number of carbonyl (C=O) groups is 1. The first-order valence-corrected chi connectivity index (χ1v) is 5.64. The van der Waals surface area contributed by atoms with Crippen molar-refractivity contribution in [3.8, 4) is 11.4 Å². The number of aryl methyl sites for hydroxylation is 1. The monoisotopic (exact) mass is 259 g/mol. The van der Waals surface area contributed by atoms with Crippen LogP contribution in [0.5, 0.6) is 5.75 Å². The summed E-state index contributed by atoms with van der Waals surface area (Å²) in [6, 6.07) is 8.17. The molecule has 1 heterocycles. The Kier molecular flexibility index (Phi) is 3.37. The van der Waals surface area contributed by atoms with Crippen molar-refractivity contribution in [3.63, 3.8) is 0 Å². The van der Waals surface area contributed by atoms with Crippen molar-refractivity contribution in [3.05, 3.63) is 58.0 Å². The molecule has 0 saturated carbocycles. The number of pyridine rings is 1. The van der Waals surface area contributed by atoms with Crippen molar-refractivity contribution in [2.75, 3.05) is 7.11 Å². The summed E-state index contributed by atoms with van der Waals surface area (Å²) in [5, 5.41) is 8.97. The molecule has 0 aliphatic heterocycles. The molecule has 0 radical (unpaired) electrons. The van der Waals surface area contributed by atoms with Crippen molar-refractivity contribution in [2.45, 2.75) is 6.92 Å². The van der Waals surface area contributed by atoms with Gasteiger partial charge in [-0.3, -0.25) is 9.36 Å². The van der Waals surface area contributed by atoms with Gasteiger partial charge in [-0.05, 0) is 36.8 Å². The fraction of sp³-hybridized carbons (Fsp3) is 0.143. The van der Waals surface area contributed by atoms with Gasteiger partial charge in [-0.2, -0.15) is 0 Å². The van der Waals surface area contributed by atoms with E-state index in [9.17, 15) is 9.59 Å². The number of carboxylic acids is 1. The highest BCUT2D eigenvalue weighted by atomic mass is 16.5. The lowest BCUT2D eigenvalue weighted by molar-refractivity contribution is 0.0694. The summed E-state index contributed by atoms with van der Waals surface area (Å²) in [6.45, 7) is 1.88. The molecule has 98 valence electrons. The van der Waals surface area contributed by atoms with Gasteiger partial charge in [0.1, 0.15) is 11.3 Å². The predicted octanol–water partition coefficient (Wildman–Crippen LogP) is 1.85. The second-order valence-electron chi connectivity index (χ2n) is 4.08. The van der Waals surface area contributed by atoms with Gasteiger partial charge in [-0.25, -0.2) is 4.79 Å². The summed E-state index contributed by atoms with van der Waals surface area (Å²) in [7, 11) is 1.50. The predicted molar refractivity (Wildman–Crippen MR) is 70.3 cm³/mol. The number of ether oxygens (including phenoxy) is 1. The van der Waals surface area contributed by atoms with Crippen molar-refractivity contribution in [1.29, 1.82) is 0 Å². The van der Waals surface area contributed by atoms with Crippen LogP contribution < -0.4 is 10.3 Å². The Bertz CT molecular complexity index is 688. The van der Waals surface area contributed by atoms with E-state index < -0.39 is 11.5 Å². The van der Waals surface area contributed by atoms with Crippen LogP contribution in [0.1, 0.15) is 15.9 Å². The molecular weight excluding hydrogens is 246 g/mol. The molecule has 0 bridgehead atoms. The van der Waals surface area contributed by atoms with Gasteiger partial charge in [0.05, 0.1) is 12.8 Å². The maximum atomic E-state index is 12.1. The Balaban J connectivity index is 2.72. The second kappa shape index (κ2) is 4.97. The first-order valence-electron chi connectivity index (χ1n) is 5.64. The van der Waals surface area contributed by atoms with Crippen LogP contribution in [-0.4, -0.2) is 22.8 Å². The van der Waals surface area contributed by atoms with E-state index in [1.165, 1.54) is 30.0 Å². The van der Waals surface area contributed by atoms with Crippen LogP contribution >= 0.6 is 0 Å². The summed E-state index contributed by atoms with van der Waals surface area (Å²) >= 11 is 0. The lowest BCUT2D eigenvalue weighted by Crippen LogP contribution is -2.24. The molecule has 5 heteroatoms. The molecule has 0 spiro atoms. The second-order valence-corrected chi connectivity index (χ2v) is 4.08. The summed E-state index contributed by atoms with van der Waals surface area (Å²) in [6.07, 6.45) is 1.52. The summed E-state index contributed by atoms with van der Waals surface area (Å²) in [5.41, 5.74) is 0.615. The lowest BCUT2D eigenvalue weighted by Gasteiger charge is -2.12. The molecule has 0 fully saturated rings. The highest BCUT2D eigenvalue weighted by Gasteiger charge is 2.13. The van der Waals surface area contributed by atoms with Crippen molar-refractivity contribution < 1.29 is 14.6 Å². The first-order chi connectivity index (χ1) is 9.04. The maximum Gasteiger partial charge on any atom is 0.341 e. The SMILES string of the molecule is COc1ccc(C)cc1-n1cccc(C(=O)O)c1=O. The molecule has 0 atom stereocenters. The maximum absolute atomic E-state index is 12.1. The molecule has 0 saturated heterocycles. The van der Waals surface area contributed by atoms with Crippen molar-refractivity contribution >= 4 is 5.97 Å². The molecule has 1 N–H and O–H groups in total. The quantitative estimate of drug-likeness (QED) is 0.913. The molecular formula is C14H13NO4. The van der Waals surface area contributed by atoms with E-state index in [0.29, 0.717) is 11.4 Å². The number of methoxy groups -OCH3 is 1. The molecule has 1 aromatic heterocycles. The van der Waals surface area contributed by atoms with Crippen LogP contribution in [-0.2, 0) is 0 Å². The zero-order chi connectivity index (χ0) is 14.0. The van der Waals surface area contributed by atoms with Gasteiger partial charge in [0.15, 0.2) is 0 Å². The lowest BCUT2D eigenvalue weighted by atomic mass is 10.2. The molecule has 19 heavy (non-hydrogen) atoms. The first kappa shape index (κ1) is 12.9. The minimum Gasteiger partial charge on any atom is -0.495 e. The zero-order valence-electron chi connectivity index (χ0n) is 10.6. The highest BCUT2D eigenvalue weighted by Crippen LogP contribution is 2.22. The van der Waals surface area contributed by atoms with Gasteiger partial charge >= 0.3 is 5.97 Å². The van der Waals surface area contributed by atoms with E-state index in [1.54, 1.807) is 12.1 Å². The third kappa shape index (κ3) is 2.35. The standard InChI is InChI=1S/C14H13NO4/c1-9-5-6-12(19-2)11(8-9)15-7-3-4-10(13(15)16)14(17)18/h3-8H,1-2H3,(H,17,18). The molecule has 0 amide bonds. The number of nitrogens with zero attached hydrogens (tertiary/aromatic N) is 1. The Morgan fingerprint density at radius 3 is 2.68 bits per heavy atom. The number of carboxylic acid groups (broad SMARTS) is 1. The minimum absolute atomic E-state index is 0.272. The van der Waals surface area contributed by atoms with Gasteiger partial charge in [0.25, 0.3) is 5.56 Å². The number of aromatic nitrogens is 1. The summed E-state index contributed by atoms with van der Waals surface area (Å²) in [5.74, 6) is -0.735. The number of hydrogen-bond acceptors (Lipinski definition) is 3. The van der Waals surface area contributed by atoms with Crippen molar-refractivity contribution in [2.24, 2.45) is 0 Å². The van der Waals surface area contributed by atoms with Crippen LogP contribution in [0, 0.1) is 6.92 Å². The largest absolute Gasteiger partial charge is 0.495 e. The fourth-order valence-electron chi connectivity index (χ4n) is 1.83. The van der Waals surface area contributed by atoms with Crippen LogP contribution in [0.2, 0.25) is 0 Å². The van der Waals surface area contributed by atoms with Crippen LogP contribution in [0.4, 0.5) is 0 Å². The van der Waals surface area contributed by atoms with Gasteiger partial charge < -0.3 is 9.84 Å². The van der Waals surface area contributed by atoms with Crippen LogP contribution in [0.25, 0.3) is 5.69 Å². The average molecular weight is 259 g/mol. The molecule has 0 unspecified atom stereocenters. The Hall–Kier alpha value is -2.56. The van der Waals surface area contributed by atoms with E-state index in [1.807, 2.05) is 13.0 Å². The Morgan fingerprint density at radius 2 is 2.05 bits per heavy atom. The fourth-order valence-corrected chi connectivity index (χ4v) is 1.83. The van der Waals surface area contributed by atoms with Gasteiger partial charge in [-0.15, -0.1) is 0 Å². The van der Waals surface area contributed by atoms with Gasteiger partial charge in [0.2, 0.25) is 0 Å². The molecule has 5 nitrogen and oxygen atoms in total. The molecule has 1 aromatic carbocycles.